The Kier molecular flexibility index (Phi) is 7.40. The Bertz CT molecular complexity index is 999. The van der Waals surface area contributed by atoms with Crippen molar-refractivity contribution in [3.05, 3.63) is 48.0 Å². The highest BCUT2D eigenvalue weighted by atomic mass is 32.2. The lowest BCUT2D eigenvalue weighted by Crippen LogP contribution is -2.42. The number of benzene rings is 2. The molecule has 3 rings (SSSR count). The van der Waals surface area contributed by atoms with Crippen LogP contribution in [-0.2, 0) is 21.4 Å². The lowest BCUT2D eigenvalue weighted by molar-refractivity contribution is -0.126. The van der Waals surface area contributed by atoms with E-state index >= 15 is 0 Å². The number of nitrogens with one attached hydrogen (secondary N) is 1. The maximum Gasteiger partial charge on any atom is 0.243 e. The fraction of sp³-hybridized carbons (Fsp3) is 0.409. The summed E-state index contributed by atoms with van der Waals surface area (Å²) in [5.74, 6) is 1.32. The second kappa shape index (κ2) is 10.0. The summed E-state index contributed by atoms with van der Waals surface area (Å²) in [6, 6.07) is 12.0. The summed E-state index contributed by atoms with van der Waals surface area (Å²) >= 11 is 0. The van der Waals surface area contributed by atoms with Crippen LogP contribution in [-0.4, -0.2) is 53.0 Å². The Morgan fingerprint density at radius 3 is 2.19 bits per heavy atom. The molecule has 0 spiro atoms. The first-order chi connectivity index (χ1) is 14.9. The summed E-state index contributed by atoms with van der Waals surface area (Å²) in [4.78, 5) is 12.7. The largest absolute Gasteiger partial charge is 0.497 e. The van der Waals surface area contributed by atoms with Crippen molar-refractivity contribution in [2.45, 2.75) is 24.3 Å². The van der Waals surface area contributed by atoms with Crippen LogP contribution in [0.5, 0.6) is 17.2 Å². The van der Waals surface area contributed by atoms with E-state index in [1.165, 1.54) is 30.7 Å². The zero-order chi connectivity index (χ0) is 22.4. The van der Waals surface area contributed by atoms with Gasteiger partial charge in [-0.05, 0) is 42.7 Å². The smallest absolute Gasteiger partial charge is 0.243 e. The topological polar surface area (TPSA) is 94.2 Å². The van der Waals surface area contributed by atoms with Gasteiger partial charge in [-0.2, -0.15) is 4.31 Å². The molecule has 0 aromatic heterocycles. The number of carbonyl (C=O) groups is 1. The van der Waals surface area contributed by atoms with Crippen LogP contribution in [0, 0.1) is 5.92 Å². The van der Waals surface area contributed by atoms with E-state index in [0.29, 0.717) is 30.9 Å². The molecule has 2 aromatic rings. The van der Waals surface area contributed by atoms with Gasteiger partial charge in [0.15, 0.2) is 11.5 Å². The zero-order valence-corrected chi connectivity index (χ0v) is 18.8. The van der Waals surface area contributed by atoms with Crippen molar-refractivity contribution < 1.29 is 27.4 Å². The van der Waals surface area contributed by atoms with Crippen LogP contribution in [0.1, 0.15) is 18.4 Å². The van der Waals surface area contributed by atoms with E-state index in [-0.39, 0.29) is 29.8 Å². The molecule has 1 saturated heterocycles. The predicted molar refractivity (Wildman–Crippen MR) is 116 cm³/mol. The molecule has 1 fully saturated rings. The number of piperidine rings is 1. The summed E-state index contributed by atoms with van der Waals surface area (Å²) in [5.41, 5.74) is 0.975. The van der Waals surface area contributed by atoms with Crippen LogP contribution in [0.15, 0.2) is 47.4 Å². The van der Waals surface area contributed by atoms with E-state index in [9.17, 15) is 13.2 Å². The standard InChI is InChI=1S/C22H28N2O6S/c1-28-18-6-4-16(5-7-18)15-23-22(25)17-10-12-24(13-11-17)31(26,27)19-8-9-20(29-2)21(14-19)30-3/h4-9,14,17H,10-13,15H2,1-3H3,(H,23,25). The van der Waals surface area contributed by atoms with Crippen molar-refractivity contribution in [3.63, 3.8) is 0 Å². The second-order valence-corrected chi connectivity index (χ2v) is 9.20. The summed E-state index contributed by atoms with van der Waals surface area (Å²) in [7, 11) is 0.888. The highest BCUT2D eigenvalue weighted by Crippen LogP contribution is 2.32. The van der Waals surface area contributed by atoms with E-state index in [0.717, 1.165) is 11.3 Å². The summed E-state index contributed by atoms with van der Waals surface area (Å²) in [5, 5.41) is 2.94. The van der Waals surface area contributed by atoms with Crippen molar-refractivity contribution in [1.82, 2.24) is 9.62 Å². The van der Waals surface area contributed by atoms with Gasteiger partial charge >= 0.3 is 0 Å². The van der Waals surface area contributed by atoms with Crippen molar-refractivity contribution >= 4 is 15.9 Å². The van der Waals surface area contributed by atoms with Gasteiger partial charge in [-0.3, -0.25) is 4.79 Å². The molecule has 8 nitrogen and oxygen atoms in total. The first kappa shape index (κ1) is 22.9. The average molecular weight is 449 g/mol. The van der Waals surface area contributed by atoms with Crippen molar-refractivity contribution in [2.24, 2.45) is 5.92 Å². The van der Waals surface area contributed by atoms with E-state index < -0.39 is 10.0 Å². The normalized spacial score (nSPS) is 15.3. The molecule has 1 aliphatic rings. The van der Waals surface area contributed by atoms with Crippen LogP contribution in [0.25, 0.3) is 0 Å². The lowest BCUT2D eigenvalue weighted by atomic mass is 9.97. The molecule has 1 N–H and O–H groups in total. The molecule has 168 valence electrons. The van der Waals surface area contributed by atoms with Gasteiger partial charge in [-0.15, -0.1) is 0 Å². The molecule has 0 aliphatic carbocycles. The number of hydrogen-bond acceptors (Lipinski definition) is 6. The van der Waals surface area contributed by atoms with Crippen molar-refractivity contribution in [3.8, 4) is 17.2 Å². The molecule has 0 saturated carbocycles. The summed E-state index contributed by atoms with van der Waals surface area (Å²) in [6.45, 7) is 1.00. The highest BCUT2D eigenvalue weighted by Gasteiger charge is 2.32. The van der Waals surface area contributed by atoms with Crippen LogP contribution in [0.3, 0.4) is 0 Å². The van der Waals surface area contributed by atoms with Gasteiger partial charge in [0.05, 0.1) is 26.2 Å². The number of carbonyl (C=O) groups excluding carboxylic acids is 1. The molecule has 1 heterocycles. The van der Waals surface area contributed by atoms with Gasteiger partial charge < -0.3 is 19.5 Å². The molecular formula is C22H28N2O6S. The van der Waals surface area contributed by atoms with E-state index in [2.05, 4.69) is 5.32 Å². The Morgan fingerprint density at radius 2 is 1.61 bits per heavy atom. The Hall–Kier alpha value is -2.78. The number of ether oxygens (including phenoxy) is 3. The Labute approximate surface area is 183 Å². The Morgan fingerprint density at radius 1 is 0.968 bits per heavy atom. The molecule has 1 amide bonds. The quantitative estimate of drug-likeness (QED) is 0.667. The summed E-state index contributed by atoms with van der Waals surface area (Å²) in [6.07, 6.45) is 0.946. The summed E-state index contributed by atoms with van der Waals surface area (Å²) < 4.78 is 43.0. The molecule has 0 unspecified atom stereocenters. The molecule has 9 heteroatoms. The Balaban J connectivity index is 1.57. The van der Waals surface area contributed by atoms with Gasteiger partial charge in [0.1, 0.15) is 5.75 Å². The third-order valence-corrected chi connectivity index (χ3v) is 7.34. The van der Waals surface area contributed by atoms with Gasteiger partial charge in [0, 0.05) is 31.6 Å². The fourth-order valence-corrected chi connectivity index (χ4v) is 5.05. The second-order valence-electron chi connectivity index (χ2n) is 7.26. The number of hydrogen-bond donors (Lipinski definition) is 1. The minimum absolute atomic E-state index is 0.0565. The third-order valence-electron chi connectivity index (χ3n) is 5.44. The molecule has 1 aliphatic heterocycles. The van der Waals surface area contributed by atoms with Crippen LogP contribution >= 0.6 is 0 Å². The SMILES string of the molecule is COc1ccc(CNC(=O)C2CCN(S(=O)(=O)c3ccc(OC)c(OC)c3)CC2)cc1. The molecule has 31 heavy (non-hydrogen) atoms. The highest BCUT2D eigenvalue weighted by molar-refractivity contribution is 7.89. The molecule has 0 atom stereocenters. The molecular weight excluding hydrogens is 420 g/mol. The maximum atomic E-state index is 13.0. The first-order valence-electron chi connectivity index (χ1n) is 10.0. The maximum absolute atomic E-state index is 13.0. The monoisotopic (exact) mass is 448 g/mol. The minimum Gasteiger partial charge on any atom is -0.497 e. The number of rotatable bonds is 8. The number of methoxy groups -OCH3 is 3. The number of sulfonamides is 1. The van der Waals surface area contributed by atoms with Gasteiger partial charge in [0.25, 0.3) is 0 Å². The molecule has 0 bridgehead atoms. The predicted octanol–water partition coefficient (Wildman–Crippen LogP) is 2.43. The van der Waals surface area contributed by atoms with E-state index in [4.69, 9.17) is 14.2 Å². The van der Waals surface area contributed by atoms with E-state index in [1.54, 1.807) is 13.2 Å². The van der Waals surface area contributed by atoms with Gasteiger partial charge in [-0.25, -0.2) is 8.42 Å². The van der Waals surface area contributed by atoms with Gasteiger partial charge in [0.2, 0.25) is 15.9 Å². The molecule has 0 radical (unpaired) electrons. The lowest BCUT2D eigenvalue weighted by Gasteiger charge is -2.30. The number of amides is 1. The van der Waals surface area contributed by atoms with Crippen LogP contribution in [0.4, 0.5) is 0 Å². The van der Waals surface area contributed by atoms with Gasteiger partial charge in [-0.1, -0.05) is 12.1 Å². The number of nitrogens with zero attached hydrogens (tertiary/aromatic N) is 1. The van der Waals surface area contributed by atoms with Crippen LogP contribution in [0.2, 0.25) is 0 Å². The first-order valence-corrected chi connectivity index (χ1v) is 11.5. The zero-order valence-electron chi connectivity index (χ0n) is 18.0. The third kappa shape index (κ3) is 5.29. The minimum atomic E-state index is -3.68. The van der Waals surface area contributed by atoms with Crippen molar-refractivity contribution in [1.29, 1.82) is 0 Å². The molecule has 2 aromatic carbocycles. The van der Waals surface area contributed by atoms with E-state index in [1.807, 2.05) is 24.3 Å². The fourth-order valence-electron chi connectivity index (χ4n) is 3.56. The van der Waals surface area contributed by atoms with Crippen LogP contribution < -0.4 is 19.5 Å². The van der Waals surface area contributed by atoms with Crippen molar-refractivity contribution in [2.75, 3.05) is 34.4 Å². The average Bonchev–Trinajstić information content (AvgIpc) is 2.82.